The lowest BCUT2D eigenvalue weighted by atomic mass is 10.1. The highest BCUT2D eigenvalue weighted by molar-refractivity contribution is 7.13. The Morgan fingerprint density at radius 1 is 1.35 bits per heavy atom. The SMILES string of the molecule is Cc1csc(N2CCN(C(=O)[C@@H]3CC[C@H](CN)O3)CC2)n1.Cl.Cl. The second kappa shape index (κ2) is 9.03. The molecule has 0 saturated carbocycles. The van der Waals surface area contributed by atoms with E-state index in [0.717, 1.165) is 49.8 Å². The molecule has 2 aliphatic heterocycles. The molecule has 0 aromatic carbocycles. The number of hydrogen-bond acceptors (Lipinski definition) is 6. The fourth-order valence-corrected chi connectivity index (χ4v) is 3.73. The second-order valence-electron chi connectivity index (χ2n) is 5.64. The highest BCUT2D eigenvalue weighted by Crippen LogP contribution is 2.24. The first-order valence-electron chi connectivity index (χ1n) is 7.49. The van der Waals surface area contributed by atoms with Crippen LogP contribution in [0, 0.1) is 6.92 Å². The number of aryl methyl sites for hydroxylation is 1. The van der Waals surface area contributed by atoms with Crippen LogP contribution < -0.4 is 10.6 Å². The molecule has 0 radical (unpaired) electrons. The van der Waals surface area contributed by atoms with Gasteiger partial charge >= 0.3 is 0 Å². The molecule has 1 aromatic rings. The van der Waals surface area contributed by atoms with Crippen molar-refractivity contribution in [3.63, 3.8) is 0 Å². The third-order valence-corrected chi connectivity index (χ3v) is 5.13. The number of piperazine rings is 1. The number of thiazole rings is 1. The average molecular weight is 383 g/mol. The van der Waals surface area contributed by atoms with Crippen LogP contribution in [0.5, 0.6) is 0 Å². The molecule has 1 aromatic heterocycles. The van der Waals surface area contributed by atoms with Crippen LogP contribution in [0.1, 0.15) is 18.5 Å². The smallest absolute Gasteiger partial charge is 0.251 e. The highest BCUT2D eigenvalue weighted by atomic mass is 35.5. The van der Waals surface area contributed by atoms with Gasteiger partial charge in [-0.25, -0.2) is 4.98 Å². The molecule has 0 bridgehead atoms. The Morgan fingerprint density at radius 2 is 2.04 bits per heavy atom. The molecule has 2 fully saturated rings. The van der Waals surface area contributed by atoms with Gasteiger partial charge < -0.3 is 20.3 Å². The molecule has 9 heteroatoms. The zero-order valence-corrected chi connectivity index (χ0v) is 15.6. The Bertz CT molecular complexity index is 509. The number of nitrogens with two attached hydrogens (primary N) is 1. The van der Waals surface area contributed by atoms with E-state index in [1.807, 2.05) is 11.8 Å². The molecule has 0 aliphatic carbocycles. The maximum absolute atomic E-state index is 12.4. The Hall–Kier alpha value is -0.600. The molecule has 132 valence electrons. The number of rotatable bonds is 3. The van der Waals surface area contributed by atoms with Gasteiger partial charge in [0.2, 0.25) is 0 Å². The van der Waals surface area contributed by atoms with Crippen molar-refractivity contribution in [3.05, 3.63) is 11.1 Å². The third kappa shape index (κ3) is 4.70. The second-order valence-corrected chi connectivity index (χ2v) is 6.48. The summed E-state index contributed by atoms with van der Waals surface area (Å²) in [6.07, 6.45) is 1.46. The average Bonchev–Trinajstić information content (AvgIpc) is 3.15. The van der Waals surface area contributed by atoms with Crippen molar-refractivity contribution in [2.24, 2.45) is 5.73 Å². The maximum Gasteiger partial charge on any atom is 0.251 e. The van der Waals surface area contributed by atoms with Crippen molar-refractivity contribution >= 4 is 47.2 Å². The predicted molar refractivity (Wildman–Crippen MR) is 97.1 cm³/mol. The number of carbonyl (C=O) groups excluding carboxylic acids is 1. The minimum Gasteiger partial charge on any atom is -0.364 e. The summed E-state index contributed by atoms with van der Waals surface area (Å²) in [5.41, 5.74) is 6.65. The monoisotopic (exact) mass is 382 g/mol. The maximum atomic E-state index is 12.4. The number of anilines is 1. The number of amides is 1. The minimum absolute atomic E-state index is 0. The Balaban J connectivity index is 0.00000132. The van der Waals surface area contributed by atoms with E-state index in [1.165, 1.54) is 0 Å². The minimum atomic E-state index is -0.285. The molecule has 3 rings (SSSR count). The zero-order valence-electron chi connectivity index (χ0n) is 13.1. The highest BCUT2D eigenvalue weighted by Gasteiger charge is 2.34. The number of hydrogen-bond donors (Lipinski definition) is 1. The van der Waals surface area contributed by atoms with Crippen molar-refractivity contribution in [2.75, 3.05) is 37.6 Å². The molecule has 6 nitrogen and oxygen atoms in total. The van der Waals surface area contributed by atoms with Gasteiger partial charge in [0, 0.05) is 38.1 Å². The number of ether oxygens (including phenoxy) is 1. The molecule has 2 aliphatic rings. The number of carbonyl (C=O) groups is 1. The topological polar surface area (TPSA) is 71.7 Å². The van der Waals surface area contributed by atoms with Gasteiger partial charge in [0.05, 0.1) is 11.8 Å². The van der Waals surface area contributed by atoms with Gasteiger partial charge in [-0.1, -0.05) is 0 Å². The van der Waals surface area contributed by atoms with Crippen molar-refractivity contribution in [2.45, 2.75) is 32.0 Å². The standard InChI is InChI=1S/C14H22N4O2S.2ClH/c1-10-9-21-14(16-10)18-6-4-17(5-7-18)13(19)12-3-2-11(8-15)20-12;;/h9,11-12H,2-8,15H2,1H3;2*1H/t11-,12+;;/m1../s1. The summed E-state index contributed by atoms with van der Waals surface area (Å²) in [5.74, 6) is 0.126. The molecule has 2 N–H and O–H groups in total. The van der Waals surface area contributed by atoms with Gasteiger partial charge in [0.25, 0.3) is 5.91 Å². The van der Waals surface area contributed by atoms with Gasteiger partial charge in [-0.3, -0.25) is 4.79 Å². The molecule has 3 heterocycles. The summed E-state index contributed by atoms with van der Waals surface area (Å²) in [6, 6.07) is 0. The van der Waals surface area contributed by atoms with E-state index in [1.54, 1.807) is 11.3 Å². The summed E-state index contributed by atoms with van der Waals surface area (Å²) in [7, 11) is 0. The predicted octanol–water partition coefficient (Wildman–Crippen LogP) is 1.45. The van der Waals surface area contributed by atoms with Crippen LogP contribution in [0.4, 0.5) is 5.13 Å². The van der Waals surface area contributed by atoms with E-state index >= 15 is 0 Å². The van der Waals surface area contributed by atoms with Gasteiger partial charge in [-0.05, 0) is 19.8 Å². The van der Waals surface area contributed by atoms with E-state index in [2.05, 4.69) is 15.3 Å². The first-order valence-corrected chi connectivity index (χ1v) is 8.36. The molecule has 1 amide bonds. The van der Waals surface area contributed by atoms with Crippen LogP contribution in [-0.4, -0.2) is 60.7 Å². The summed E-state index contributed by atoms with van der Waals surface area (Å²) < 4.78 is 5.70. The van der Waals surface area contributed by atoms with Gasteiger partial charge in [0.15, 0.2) is 5.13 Å². The lowest BCUT2D eigenvalue weighted by Gasteiger charge is -2.35. The fraction of sp³-hybridized carbons (Fsp3) is 0.714. The molecule has 2 atom stereocenters. The Kier molecular flexibility index (Phi) is 8.03. The van der Waals surface area contributed by atoms with Crippen LogP contribution in [0.3, 0.4) is 0 Å². The van der Waals surface area contributed by atoms with Crippen molar-refractivity contribution in [1.29, 1.82) is 0 Å². The normalized spacial score (nSPS) is 24.1. The van der Waals surface area contributed by atoms with Crippen molar-refractivity contribution in [3.8, 4) is 0 Å². The number of halogens is 2. The molecular weight excluding hydrogens is 359 g/mol. The van der Waals surface area contributed by atoms with Gasteiger partial charge in [-0.2, -0.15) is 0 Å². The van der Waals surface area contributed by atoms with E-state index in [4.69, 9.17) is 10.5 Å². The first kappa shape index (κ1) is 20.4. The van der Waals surface area contributed by atoms with Gasteiger partial charge in [-0.15, -0.1) is 36.2 Å². The molecule has 0 unspecified atom stereocenters. The van der Waals surface area contributed by atoms with Crippen LogP contribution in [-0.2, 0) is 9.53 Å². The van der Waals surface area contributed by atoms with Crippen molar-refractivity contribution < 1.29 is 9.53 Å². The third-order valence-electron chi connectivity index (χ3n) is 4.11. The quantitative estimate of drug-likeness (QED) is 0.856. The van der Waals surface area contributed by atoms with E-state index in [0.29, 0.717) is 6.54 Å². The van der Waals surface area contributed by atoms with Crippen LogP contribution >= 0.6 is 36.2 Å². The van der Waals surface area contributed by atoms with Crippen molar-refractivity contribution in [1.82, 2.24) is 9.88 Å². The molecular formula is C14H24Cl2N4O2S. The van der Waals surface area contributed by atoms with E-state index in [9.17, 15) is 4.79 Å². The lowest BCUT2D eigenvalue weighted by Crippen LogP contribution is -2.51. The van der Waals surface area contributed by atoms with E-state index in [-0.39, 0.29) is 42.9 Å². The van der Waals surface area contributed by atoms with E-state index < -0.39 is 0 Å². The zero-order chi connectivity index (χ0) is 14.8. The summed E-state index contributed by atoms with van der Waals surface area (Å²) >= 11 is 1.67. The van der Waals surface area contributed by atoms with Crippen LogP contribution in [0.15, 0.2) is 5.38 Å². The largest absolute Gasteiger partial charge is 0.364 e. The van der Waals surface area contributed by atoms with Crippen LogP contribution in [0.2, 0.25) is 0 Å². The fourth-order valence-electron chi connectivity index (χ4n) is 2.87. The number of nitrogens with zero attached hydrogens (tertiary/aromatic N) is 3. The summed E-state index contributed by atoms with van der Waals surface area (Å²) in [5, 5.41) is 3.12. The lowest BCUT2D eigenvalue weighted by molar-refractivity contribution is -0.143. The summed E-state index contributed by atoms with van der Waals surface area (Å²) in [4.78, 5) is 21.1. The Morgan fingerprint density at radius 3 is 2.57 bits per heavy atom. The molecule has 2 saturated heterocycles. The Labute approximate surface area is 153 Å². The number of aromatic nitrogens is 1. The molecule has 0 spiro atoms. The van der Waals surface area contributed by atoms with Gasteiger partial charge in [0.1, 0.15) is 6.10 Å². The first-order chi connectivity index (χ1) is 10.2. The van der Waals surface area contributed by atoms with Crippen LogP contribution in [0.25, 0.3) is 0 Å². The summed E-state index contributed by atoms with van der Waals surface area (Å²) in [6.45, 7) is 5.67. The molecule has 23 heavy (non-hydrogen) atoms.